The Morgan fingerprint density at radius 2 is 1.95 bits per heavy atom. The van der Waals surface area contributed by atoms with Gasteiger partial charge in [0.05, 0.1) is 12.0 Å². The Hall–Kier alpha value is -1.83. The van der Waals surface area contributed by atoms with Crippen LogP contribution in [0.3, 0.4) is 0 Å². The van der Waals surface area contributed by atoms with E-state index in [1.807, 2.05) is 0 Å². The highest BCUT2D eigenvalue weighted by Crippen LogP contribution is 2.11. The molecule has 8 heteroatoms. The van der Waals surface area contributed by atoms with Gasteiger partial charge in [-0.25, -0.2) is 4.79 Å². The Kier molecular flexibility index (Phi) is 6.84. The van der Waals surface area contributed by atoms with Crippen molar-refractivity contribution >= 4 is 17.9 Å². The second-order valence-electron chi connectivity index (χ2n) is 4.71. The third-order valence-electron chi connectivity index (χ3n) is 2.53. The van der Waals surface area contributed by atoms with Crippen LogP contribution in [0.1, 0.15) is 13.8 Å². The molecule has 0 heterocycles. The summed E-state index contributed by atoms with van der Waals surface area (Å²) < 4.78 is 4.80. The van der Waals surface area contributed by atoms with Gasteiger partial charge in [0.1, 0.15) is 6.54 Å². The smallest absolute Gasteiger partial charge is 0.323 e. The monoisotopic (exact) mass is 275 g/mol. The normalized spacial score (nSPS) is 10.9. The van der Waals surface area contributed by atoms with E-state index < -0.39 is 29.9 Å². The standard InChI is InChI=1S/C11H21N3O5/c1-11(2,9(12)17)7-13-10(18)14(4-5-19-3)6-8(15)16/h4-7H2,1-3H3,(H2,12,17)(H,13,18)(H,15,16). The van der Waals surface area contributed by atoms with Crippen LogP contribution >= 0.6 is 0 Å². The first-order valence-electron chi connectivity index (χ1n) is 5.74. The van der Waals surface area contributed by atoms with Crippen LogP contribution in [0.25, 0.3) is 0 Å². The summed E-state index contributed by atoms with van der Waals surface area (Å²) in [5, 5.41) is 11.2. The minimum absolute atomic E-state index is 0.0320. The number of nitrogens with two attached hydrogens (primary N) is 1. The van der Waals surface area contributed by atoms with Gasteiger partial charge in [-0.15, -0.1) is 0 Å². The largest absolute Gasteiger partial charge is 0.480 e. The number of carboxylic acid groups (broad SMARTS) is 1. The lowest BCUT2D eigenvalue weighted by molar-refractivity contribution is -0.137. The highest BCUT2D eigenvalue weighted by atomic mass is 16.5. The molecular formula is C11H21N3O5. The molecule has 0 atom stereocenters. The van der Waals surface area contributed by atoms with Crippen molar-refractivity contribution in [2.45, 2.75) is 13.8 Å². The molecule has 8 nitrogen and oxygen atoms in total. The molecule has 110 valence electrons. The fourth-order valence-corrected chi connectivity index (χ4v) is 1.11. The summed E-state index contributed by atoms with van der Waals surface area (Å²) in [5.41, 5.74) is 4.28. The number of carboxylic acids is 1. The van der Waals surface area contributed by atoms with Gasteiger partial charge in [0.2, 0.25) is 5.91 Å². The third-order valence-corrected chi connectivity index (χ3v) is 2.53. The maximum absolute atomic E-state index is 11.8. The molecule has 4 N–H and O–H groups in total. The number of ether oxygens (including phenoxy) is 1. The zero-order valence-electron chi connectivity index (χ0n) is 11.4. The molecule has 19 heavy (non-hydrogen) atoms. The molecule has 0 fully saturated rings. The van der Waals surface area contributed by atoms with E-state index in [0.29, 0.717) is 0 Å². The lowest BCUT2D eigenvalue weighted by atomic mass is 9.93. The topological polar surface area (TPSA) is 122 Å². The average molecular weight is 275 g/mol. The minimum Gasteiger partial charge on any atom is -0.480 e. The quantitative estimate of drug-likeness (QED) is 0.537. The Bertz CT molecular complexity index is 343. The van der Waals surface area contributed by atoms with Crippen molar-refractivity contribution in [1.82, 2.24) is 10.2 Å². The number of methoxy groups -OCH3 is 1. The van der Waals surface area contributed by atoms with E-state index in [-0.39, 0.29) is 19.7 Å². The summed E-state index contributed by atoms with van der Waals surface area (Å²) in [6.45, 7) is 3.14. The maximum Gasteiger partial charge on any atom is 0.323 e. The van der Waals surface area contributed by atoms with Gasteiger partial charge >= 0.3 is 12.0 Å². The van der Waals surface area contributed by atoms with Gasteiger partial charge in [0, 0.05) is 20.2 Å². The van der Waals surface area contributed by atoms with E-state index in [1.54, 1.807) is 13.8 Å². The predicted octanol–water partition coefficient (Wildman–Crippen LogP) is -0.759. The lowest BCUT2D eigenvalue weighted by Gasteiger charge is -2.25. The Balaban J connectivity index is 4.46. The third kappa shape index (κ3) is 6.61. The maximum atomic E-state index is 11.8. The molecule has 0 aromatic rings. The van der Waals surface area contributed by atoms with E-state index in [4.69, 9.17) is 15.6 Å². The Morgan fingerprint density at radius 1 is 1.37 bits per heavy atom. The highest BCUT2D eigenvalue weighted by molar-refractivity contribution is 5.83. The molecule has 0 aliphatic heterocycles. The van der Waals surface area contributed by atoms with Crippen molar-refractivity contribution in [3.63, 3.8) is 0 Å². The zero-order chi connectivity index (χ0) is 15.1. The summed E-state index contributed by atoms with van der Waals surface area (Å²) in [6.07, 6.45) is 0. The molecule has 0 aromatic carbocycles. The molecule has 0 aromatic heterocycles. The molecule has 0 aliphatic carbocycles. The van der Waals surface area contributed by atoms with Gasteiger partial charge in [0.15, 0.2) is 0 Å². The van der Waals surface area contributed by atoms with E-state index in [2.05, 4.69) is 5.32 Å². The van der Waals surface area contributed by atoms with Crippen molar-refractivity contribution in [2.24, 2.45) is 11.1 Å². The van der Waals surface area contributed by atoms with E-state index in [1.165, 1.54) is 7.11 Å². The fourth-order valence-electron chi connectivity index (χ4n) is 1.11. The molecule has 0 radical (unpaired) electrons. The van der Waals surface area contributed by atoms with Gasteiger partial charge in [-0.1, -0.05) is 0 Å². The summed E-state index contributed by atoms with van der Waals surface area (Å²) >= 11 is 0. The Labute approximate surface area is 111 Å². The number of primary amides is 1. The van der Waals surface area contributed by atoms with E-state index in [9.17, 15) is 14.4 Å². The van der Waals surface area contributed by atoms with E-state index >= 15 is 0 Å². The van der Waals surface area contributed by atoms with Crippen molar-refractivity contribution in [2.75, 3.05) is 33.4 Å². The van der Waals surface area contributed by atoms with Crippen molar-refractivity contribution in [1.29, 1.82) is 0 Å². The fraction of sp³-hybridized carbons (Fsp3) is 0.727. The molecule has 0 bridgehead atoms. The number of aliphatic carboxylic acids is 1. The van der Waals surface area contributed by atoms with Crippen LogP contribution in [-0.4, -0.2) is 61.3 Å². The summed E-state index contributed by atoms with van der Waals surface area (Å²) in [6, 6.07) is -0.575. The first-order valence-corrected chi connectivity index (χ1v) is 5.74. The van der Waals surface area contributed by atoms with Crippen LogP contribution in [-0.2, 0) is 14.3 Å². The van der Waals surface area contributed by atoms with Gasteiger partial charge in [0.25, 0.3) is 0 Å². The molecular weight excluding hydrogens is 254 g/mol. The highest BCUT2D eigenvalue weighted by Gasteiger charge is 2.26. The number of rotatable bonds is 8. The van der Waals surface area contributed by atoms with Crippen molar-refractivity contribution in [3.05, 3.63) is 0 Å². The van der Waals surface area contributed by atoms with Gasteiger partial charge in [-0.3, -0.25) is 9.59 Å². The first-order chi connectivity index (χ1) is 8.70. The van der Waals surface area contributed by atoms with Gasteiger partial charge < -0.3 is 25.8 Å². The minimum atomic E-state index is -1.12. The second kappa shape index (κ2) is 7.57. The second-order valence-corrected chi connectivity index (χ2v) is 4.71. The van der Waals surface area contributed by atoms with Gasteiger partial charge in [-0.2, -0.15) is 0 Å². The number of nitrogens with one attached hydrogen (secondary N) is 1. The molecule has 0 rings (SSSR count). The van der Waals surface area contributed by atoms with Crippen LogP contribution < -0.4 is 11.1 Å². The van der Waals surface area contributed by atoms with Crippen LogP contribution in [0.4, 0.5) is 4.79 Å². The van der Waals surface area contributed by atoms with Crippen molar-refractivity contribution in [3.8, 4) is 0 Å². The number of hydrogen-bond donors (Lipinski definition) is 3. The van der Waals surface area contributed by atoms with Crippen LogP contribution in [0.2, 0.25) is 0 Å². The van der Waals surface area contributed by atoms with Crippen molar-refractivity contribution < 1.29 is 24.2 Å². The van der Waals surface area contributed by atoms with Crippen LogP contribution in [0.5, 0.6) is 0 Å². The number of carbonyl (C=O) groups is 3. The number of carbonyl (C=O) groups excluding carboxylic acids is 2. The zero-order valence-corrected chi connectivity index (χ0v) is 11.4. The van der Waals surface area contributed by atoms with Crippen LogP contribution in [0, 0.1) is 5.41 Å². The molecule has 0 spiro atoms. The molecule has 0 unspecified atom stereocenters. The number of hydrogen-bond acceptors (Lipinski definition) is 4. The number of urea groups is 1. The SMILES string of the molecule is COCCN(CC(=O)O)C(=O)NCC(C)(C)C(N)=O. The van der Waals surface area contributed by atoms with Gasteiger partial charge in [-0.05, 0) is 13.8 Å². The Morgan fingerprint density at radius 3 is 2.37 bits per heavy atom. The average Bonchev–Trinajstić information content (AvgIpc) is 2.30. The lowest BCUT2D eigenvalue weighted by Crippen LogP contribution is -2.49. The summed E-state index contributed by atoms with van der Waals surface area (Å²) in [7, 11) is 1.45. The molecule has 0 saturated heterocycles. The van der Waals surface area contributed by atoms with E-state index in [0.717, 1.165) is 4.90 Å². The number of nitrogens with zero attached hydrogens (tertiary/aromatic N) is 1. The summed E-state index contributed by atoms with van der Waals surface area (Å²) in [4.78, 5) is 34.6. The number of amides is 3. The van der Waals surface area contributed by atoms with Crippen LogP contribution in [0.15, 0.2) is 0 Å². The molecule has 3 amide bonds. The molecule has 0 aliphatic rings. The molecule has 0 saturated carbocycles. The first kappa shape index (κ1) is 17.2. The predicted molar refractivity (Wildman–Crippen MR) is 67.5 cm³/mol. The summed E-state index contributed by atoms with van der Waals surface area (Å²) in [5.74, 6) is -1.67.